The van der Waals surface area contributed by atoms with Crippen molar-refractivity contribution in [3.8, 4) is 0 Å². The second-order valence-corrected chi connectivity index (χ2v) is 4.78. The zero-order valence-corrected chi connectivity index (χ0v) is 12.0. The van der Waals surface area contributed by atoms with Crippen molar-refractivity contribution in [2.75, 3.05) is 26.2 Å². The lowest BCUT2D eigenvalue weighted by Crippen LogP contribution is -2.45. The number of nitrogens with zero attached hydrogens (tertiary/aromatic N) is 1. The Balaban J connectivity index is 0.00000220. The third-order valence-electron chi connectivity index (χ3n) is 3.23. The maximum Gasteiger partial charge on any atom is 0.419 e. The van der Waals surface area contributed by atoms with Crippen LogP contribution in [-0.4, -0.2) is 37.2 Å². The van der Waals surface area contributed by atoms with Crippen molar-refractivity contribution in [1.82, 2.24) is 4.90 Å². The van der Waals surface area contributed by atoms with Gasteiger partial charge in [0.05, 0.1) is 18.3 Å². The van der Waals surface area contributed by atoms with E-state index in [2.05, 4.69) is 0 Å². The highest BCUT2D eigenvalue weighted by Crippen LogP contribution is 2.32. The van der Waals surface area contributed by atoms with E-state index in [1.54, 1.807) is 0 Å². The molecule has 3 nitrogen and oxygen atoms in total. The molecule has 2 N–H and O–H groups in total. The molecule has 0 bridgehead atoms. The molecule has 0 amide bonds. The number of morpholine rings is 1. The van der Waals surface area contributed by atoms with Crippen LogP contribution in [0.3, 0.4) is 0 Å². The molecule has 1 unspecified atom stereocenters. The minimum absolute atomic E-state index is 0. The van der Waals surface area contributed by atoms with Crippen molar-refractivity contribution >= 4 is 12.4 Å². The highest BCUT2D eigenvalue weighted by Gasteiger charge is 2.34. The Hall–Kier alpha value is -0.890. The Bertz CT molecular complexity index is 470. The predicted octanol–water partition coefficient (Wildman–Crippen LogP) is 2.43. The number of alkyl halides is 3. The van der Waals surface area contributed by atoms with Gasteiger partial charge in [-0.25, -0.2) is 4.39 Å². The molecule has 1 atom stereocenters. The van der Waals surface area contributed by atoms with Crippen LogP contribution >= 0.6 is 12.4 Å². The minimum atomic E-state index is -4.68. The van der Waals surface area contributed by atoms with Gasteiger partial charge >= 0.3 is 6.18 Å². The van der Waals surface area contributed by atoms with Gasteiger partial charge in [0.2, 0.25) is 0 Å². The summed E-state index contributed by atoms with van der Waals surface area (Å²) >= 11 is 0. The molecular formula is C13H17ClF4N2O. The van der Waals surface area contributed by atoms with E-state index in [1.807, 2.05) is 4.90 Å². The van der Waals surface area contributed by atoms with Gasteiger partial charge in [-0.05, 0) is 17.7 Å². The topological polar surface area (TPSA) is 38.5 Å². The summed E-state index contributed by atoms with van der Waals surface area (Å²) in [6.07, 6.45) is -4.78. The summed E-state index contributed by atoms with van der Waals surface area (Å²) in [5.74, 6) is -1.25. The van der Waals surface area contributed by atoms with Crippen LogP contribution in [0.15, 0.2) is 18.2 Å². The number of rotatable bonds is 3. The van der Waals surface area contributed by atoms with Crippen LogP contribution in [0.25, 0.3) is 0 Å². The largest absolute Gasteiger partial charge is 0.419 e. The van der Waals surface area contributed by atoms with Gasteiger partial charge in [-0.1, -0.05) is 6.07 Å². The second-order valence-electron chi connectivity index (χ2n) is 4.78. The number of nitrogens with two attached hydrogens (primary N) is 1. The van der Waals surface area contributed by atoms with Gasteiger partial charge in [0, 0.05) is 26.2 Å². The van der Waals surface area contributed by atoms with E-state index in [9.17, 15) is 17.6 Å². The van der Waals surface area contributed by atoms with Crippen LogP contribution in [-0.2, 0) is 17.5 Å². The van der Waals surface area contributed by atoms with E-state index in [-0.39, 0.29) is 18.5 Å². The highest BCUT2D eigenvalue weighted by atomic mass is 35.5. The molecule has 0 spiro atoms. The summed E-state index contributed by atoms with van der Waals surface area (Å²) in [5, 5.41) is 0. The lowest BCUT2D eigenvalue weighted by atomic mass is 10.1. The van der Waals surface area contributed by atoms with Gasteiger partial charge in [0.15, 0.2) is 0 Å². The first-order chi connectivity index (χ1) is 9.40. The van der Waals surface area contributed by atoms with Crippen LogP contribution in [0.4, 0.5) is 17.6 Å². The Kier molecular flexibility index (Phi) is 6.40. The smallest absolute Gasteiger partial charge is 0.374 e. The van der Waals surface area contributed by atoms with E-state index < -0.39 is 17.6 Å². The first kappa shape index (κ1) is 18.2. The van der Waals surface area contributed by atoms with Crippen molar-refractivity contribution in [3.05, 3.63) is 35.1 Å². The molecule has 0 aromatic heterocycles. The summed E-state index contributed by atoms with van der Waals surface area (Å²) < 4.78 is 56.5. The number of benzene rings is 1. The maximum atomic E-state index is 13.2. The van der Waals surface area contributed by atoms with Crippen LogP contribution < -0.4 is 5.73 Å². The number of hydrogen-bond donors (Lipinski definition) is 1. The molecule has 1 aromatic rings. The first-order valence-electron chi connectivity index (χ1n) is 6.30. The standard InChI is InChI=1S/C13H16F4N2O.ClH/c14-12-2-1-9(5-11(12)13(15,16)17)7-19-3-4-20-10(6-18)8-19;/h1-2,5,10H,3-4,6-8,18H2;1H. The first-order valence-corrected chi connectivity index (χ1v) is 6.30. The number of halogens is 5. The molecule has 2 rings (SSSR count). The summed E-state index contributed by atoms with van der Waals surface area (Å²) in [5.41, 5.74) is 4.71. The normalized spacial score (nSPS) is 20.1. The summed E-state index contributed by atoms with van der Waals surface area (Å²) in [4.78, 5) is 1.95. The fraction of sp³-hybridized carbons (Fsp3) is 0.538. The average Bonchev–Trinajstić information content (AvgIpc) is 2.40. The highest BCUT2D eigenvalue weighted by molar-refractivity contribution is 5.85. The fourth-order valence-electron chi connectivity index (χ4n) is 2.21. The molecular weight excluding hydrogens is 312 g/mol. The molecule has 1 aliphatic heterocycles. The Morgan fingerprint density at radius 1 is 1.33 bits per heavy atom. The van der Waals surface area contributed by atoms with E-state index in [0.29, 0.717) is 38.3 Å². The van der Waals surface area contributed by atoms with Gasteiger partial charge < -0.3 is 10.5 Å². The number of ether oxygens (including phenoxy) is 1. The molecule has 0 saturated carbocycles. The van der Waals surface area contributed by atoms with Crippen molar-refractivity contribution in [1.29, 1.82) is 0 Å². The van der Waals surface area contributed by atoms with Crippen molar-refractivity contribution in [2.45, 2.75) is 18.8 Å². The van der Waals surface area contributed by atoms with Crippen molar-refractivity contribution < 1.29 is 22.3 Å². The third-order valence-corrected chi connectivity index (χ3v) is 3.23. The molecule has 0 aliphatic carbocycles. The zero-order chi connectivity index (χ0) is 14.8. The van der Waals surface area contributed by atoms with Crippen LogP contribution in [0.1, 0.15) is 11.1 Å². The average molecular weight is 329 g/mol. The predicted molar refractivity (Wildman–Crippen MR) is 72.7 cm³/mol. The van der Waals surface area contributed by atoms with Gasteiger partial charge in [-0.2, -0.15) is 13.2 Å². The van der Waals surface area contributed by atoms with Crippen molar-refractivity contribution in [3.63, 3.8) is 0 Å². The fourth-order valence-corrected chi connectivity index (χ4v) is 2.21. The van der Waals surface area contributed by atoms with Gasteiger partial charge in [-0.3, -0.25) is 4.90 Å². The molecule has 1 aromatic carbocycles. The van der Waals surface area contributed by atoms with Gasteiger partial charge in [0.1, 0.15) is 5.82 Å². The molecule has 120 valence electrons. The summed E-state index contributed by atoms with van der Waals surface area (Å²) in [7, 11) is 0. The van der Waals surface area contributed by atoms with E-state index in [0.717, 1.165) is 12.1 Å². The Labute approximate surface area is 126 Å². The molecule has 1 aliphatic rings. The zero-order valence-electron chi connectivity index (χ0n) is 11.2. The monoisotopic (exact) mass is 328 g/mol. The SMILES string of the molecule is Cl.NCC1CN(Cc2ccc(F)c(C(F)(F)F)c2)CCO1. The maximum absolute atomic E-state index is 13.2. The van der Waals surface area contributed by atoms with Gasteiger partial charge in [-0.15, -0.1) is 12.4 Å². The lowest BCUT2D eigenvalue weighted by Gasteiger charge is -2.32. The minimum Gasteiger partial charge on any atom is -0.374 e. The van der Waals surface area contributed by atoms with E-state index >= 15 is 0 Å². The van der Waals surface area contributed by atoms with E-state index in [1.165, 1.54) is 6.07 Å². The third kappa shape index (κ3) is 4.81. The number of hydrogen-bond acceptors (Lipinski definition) is 3. The molecule has 1 saturated heterocycles. The Morgan fingerprint density at radius 2 is 2.05 bits per heavy atom. The quantitative estimate of drug-likeness (QED) is 0.866. The molecule has 21 heavy (non-hydrogen) atoms. The Morgan fingerprint density at radius 3 is 2.67 bits per heavy atom. The van der Waals surface area contributed by atoms with Gasteiger partial charge in [0.25, 0.3) is 0 Å². The molecule has 1 heterocycles. The lowest BCUT2D eigenvalue weighted by molar-refractivity contribution is -0.140. The summed E-state index contributed by atoms with van der Waals surface area (Å²) in [6.45, 7) is 2.37. The van der Waals surface area contributed by atoms with Crippen LogP contribution in [0.5, 0.6) is 0 Å². The molecule has 8 heteroatoms. The second kappa shape index (κ2) is 7.40. The van der Waals surface area contributed by atoms with Crippen molar-refractivity contribution in [2.24, 2.45) is 5.73 Å². The van der Waals surface area contributed by atoms with Crippen LogP contribution in [0, 0.1) is 5.82 Å². The summed E-state index contributed by atoms with van der Waals surface area (Å²) in [6, 6.07) is 3.10. The van der Waals surface area contributed by atoms with E-state index in [4.69, 9.17) is 10.5 Å². The molecule has 1 fully saturated rings. The van der Waals surface area contributed by atoms with Crippen LogP contribution in [0.2, 0.25) is 0 Å². The molecule has 0 radical (unpaired) electrons.